The van der Waals surface area contributed by atoms with Gasteiger partial charge in [-0.3, -0.25) is 9.27 Å². The Morgan fingerprint density at radius 1 is 1.00 bits per heavy atom. The van der Waals surface area contributed by atoms with Gasteiger partial charge in [-0.25, -0.2) is 4.21 Å². The Kier molecular flexibility index (Phi) is 7.22. The van der Waals surface area contributed by atoms with Crippen LogP contribution in [0.25, 0.3) is 11.1 Å². The zero-order valence-corrected chi connectivity index (χ0v) is 17.3. The Morgan fingerprint density at radius 2 is 1.68 bits per heavy atom. The quantitative estimate of drug-likeness (QED) is 0.328. The highest BCUT2D eigenvalue weighted by molar-refractivity contribution is 9.09. The van der Waals surface area contributed by atoms with Crippen molar-refractivity contribution in [2.75, 3.05) is 10.1 Å². The van der Waals surface area contributed by atoms with Gasteiger partial charge in [-0.2, -0.15) is 0 Å². The third-order valence-electron chi connectivity index (χ3n) is 4.19. The third-order valence-corrected chi connectivity index (χ3v) is 5.20. The third kappa shape index (κ3) is 5.42. The van der Waals surface area contributed by atoms with Gasteiger partial charge in [0.25, 0.3) is 11.3 Å². The summed E-state index contributed by atoms with van der Waals surface area (Å²) in [6.45, 7) is 0.353. The van der Waals surface area contributed by atoms with Crippen molar-refractivity contribution >= 4 is 32.9 Å². The number of anilines is 1. The molecule has 0 amide bonds. The second kappa shape index (κ2) is 9.84. The minimum Gasteiger partial charge on any atom is -0.487 e. The molecule has 3 aromatic rings. The van der Waals surface area contributed by atoms with Crippen LogP contribution in [0.4, 0.5) is 5.69 Å². The maximum Gasteiger partial charge on any atom is 0.259 e. The van der Waals surface area contributed by atoms with Crippen molar-refractivity contribution in [3.05, 3.63) is 83.9 Å². The van der Waals surface area contributed by atoms with Gasteiger partial charge in [0, 0.05) is 5.33 Å². The summed E-state index contributed by atoms with van der Waals surface area (Å²) >= 11 is 1.04. The molecule has 3 rings (SSSR count). The van der Waals surface area contributed by atoms with Crippen molar-refractivity contribution in [1.29, 1.82) is 0 Å². The van der Waals surface area contributed by atoms with E-state index in [2.05, 4.69) is 20.7 Å². The van der Waals surface area contributed by atoms with Crippen molar-refractivity contribution in [3.63, 3.8) is 0 Å². The van der Waals surface area contributed by atoms with Crippen LogP contribution in [0.2, 0.25) is 0 Å². The van der Waals surface area contributed by atoms with E-state index in [0.29, 0.717) is 23.4 Å². The van der Waals surface area contributed by atoms with Crippen LogP contribution in [0.15, 0.2) is 72.8 Å². The second-order valence-electron chi connectivity index (χ2n) is 6.13. The average Bonchev–Trinajstić information content (AvgIpc) is 2.72. The van der Waals surface area contributed by atoms with E-state index in [9.17, 15) is 13.9 Å². The summed E-state index contributed by atoms with van der Waals surface area (Å²) in [4.78, 5) is 0. The van der Waals surface area contributed by atoms with E-state index >= 15 is 0 Å². The molecule has 28 heavy (non-hydrogen) atoms. The maximum atomic E-state index is 11.3. The zero-order chi connectivity index (χ0) is 19.9. The van der Waals surface area contributed by atoms with Crippen LogP contribution in [-0.2, 0) is 17.9 Å². The lowest BCUT2D eigenvalue weighted by Gasteiger charge is -2.14. The Hall–Kier alpha value is -2.19. The van der Waals surface area contributed by atoms with Crippen LogP contribution in [0.3, 0.4) is 0 Å². The fraction of sp³-hybridized carbons (Fsp3) is 0.143. The normalized spacial score (nSPS) is 13.0. The number of nitrogens with one attached hydrogen (secondary N) is 1. The van der Waals surface area contributed by atoms with Gasteiger partial charge in [-0.15, -0.1) is 0 Å². The number of aliphatic hydroxyl groups is 1. The summed E-state index contributed by atoms with van der Waals surface area (Å²) < 4.78 is 28.9. The van der Waals surface area contributed by atoms with E-state index in [0.717, 1.165) is 22.3 Å². The first kappa shape index (κ1) is 20.5. The summed E-state index contributed by atoms with van der Waals surface area (Å²) in [7, 11) is 0. The van der Waals surface area contributed by atoms with Crippen LogP contribution in [0.5, 0.6) is 5.75 Å². The fourth-order valence-corrected chi connectivity index (χ4v) is 3.45. The lowest BCUT2D eigenvalue weighted by atomic mass is 10.0. The molecule has 7 heteroatoms. The summed E-state index contributed by atoms with van der Waals surface area (Å²) in [5, 5.41) is 10.4. The Labute approximate surface area is 174 Å². The van der Waals surface area contributed by atoms with Gasteiger partial charge in [-0.1, -0.05) is 76.6 Å². The van der Waals surface area contributed by atoms with Crippen molar-refractivity contribution in [2.24, 2.45) is 0 Å². The number of alkyl halides is 1. The molecule has 3 aromatic carbocycles. The molecular weight excluding hydrogens is 442 g/mol. The fourth-order valence-electron chi connectivity index (χ4n) is 2.73. The van der Waals surface area contributed by atoms with Crippen molar-refractivity contribution in [3.8, 4) is 16.9 Å². The number of rotatable bonds is 8. The standard InChI is InChI=1S/C21H20BrNO4S/c22-13-20(24)17-8-6-16(7-9-17)18-10-11-21(19(12-18)23-28(25)26)27-14-15-4-2-1-3-5-15/h1-12,20,23-24H,13-14H2,(H,25,26). The monoisotopic (exact) mass is 461 g/mol. The van der Waals surface area contributed by atoms with Gasteiger partial charge < -0.3 is 9.84 Å². The van der Waals surface area contributed by atoms with Crippen LogP contribution in [0, 0.1) is 0 Å². The highest BCUT2D eigenvalue weighted by Crippen LogP contribution is 2.32. The lowest BCUT2D eigenvalue weighted by molar-refractivity contribution is 0.205. The largest absolute Gasteiger partial charge is 0.487 e. The topological polar surface area (TPSA) is 78.8 Å². The van der Waals surface area contributed by atoms with Crippen LogP contribution >= 0.6 is 15.9 Å². The minimum absolute atomic E-state index is 0.353. The number of hydrogen-bond acceptors (Lipinski definition) is 3. The zero-order valence-electron chi connectivity index (χ0n) is 14.9. The molecular formula is C21H20BrNO4S. The Balaban J connectivity index is 1.84. The molecule has 2 unspecified atom stereocenters. The minimum atomic E-state index is -2.22. The molecule has 0 fully saturated rings. The highest BCUT2D eigenvalue weighted by atomic mass is 79.9. The summed E-state index contributed by atoms with van der Waals surface area (Å²) in [6, 6.07) is 22.7. The van der Waals surface area contributed by atoms with E-state index in [1.54, 1.807) is 12.1 Å². The molecule has 146 valence electrons. The van der Waals surface area contributed by atoms with E-state index < -0.39 is 17.4 Å². The molecule has 0 spiro atoms. The lowest BCUT2D eigenvalue weighted by Crippen LogP contribution is -2.05. The number of aliphatic hydroxyl groups excluding tert-OH is 1. The molecule has 0 radical (unpaired) electrons. The molecule has 3 N–H and O–H groups in total. The molecule has 0 aliphatic heterocycles. The van der Waals surface area contributed by atoms with Gasteiger partial charge in [0.1, 0.15) is 12.4 Å². The molecule has 0 aliphatic rings. The van der Waals surface area contributed by atoms with Crippen molar-refractivity contribution in [2.45, 2.75) is 12.7 Å². The van der Waals surface area contributed by atoms with Crippen LogP contribution < -0.4 is 9.46 Å². The first-order valence-electron chi connectivity index (χ1n) is 8.59. The van der Waals surface area contributed by atoms with Gasteiger partial charge in [0.2, 0.25) is 0 Å². The number of ether oxygens (including phenoxy) is 1. The predicted octanol–water partition coefficient (Wildman–Crippen LogP) is 4.91. The van der Waals surface area contributed by atoms with Crippen molar-refractivity contribution < 1.29 is 18.6 Å². The molecule has 0 saturated carbocycles. The molecule has 0 aromatic heterocycles. The molecule has 5 nitrogen and oxygen atoms in total. The number of benzene rings is 3. The van der Waals surface area contributed by atoms with E-state index in [1.165, 1.54) is 0 Å². The first-order valence-corrected chi connectivity index (χ1v) is 10.8. The van der Waals surface area contributed by atoms with Gasteiger partial charge in [-0.05, 0) is 34.4 Å². The predicted molar refractivity (Wildman–Crippen MR) is 116 cm³/mol. The SMILES string of the molecule is O=S(O)Nc1cc(-c2ccc(C(O)CBr)cc2)ccc1OCc1ccccc1. The van der Waals surface area contributed by atoms with Gasteiger partial charge in [0.05, 0.1) is 11.8 Å². The van der Waals surface area contributed by atoms with Gasteiger partial charge in [0.15, 0.2) is 0 Å². The first-order chi connectivity index (χ1) is 13.6. The highest BCUT2D eigenvalue weighted by Gasteiger charge is 2.10. The van der Waals surface area contributed by atoms with E-state index in [1.807, 2.05) is 60.7 Å². The molecule has 0 aliphatic carbocycles. The smallest absolute Gasteiger partial charge is 0.259 e. The van der Waals surface area contributed by atoms with E-state index in [4.69, 9.17) is 4.74 Å². The average molecular weight is 462 g/mol. The maximum absolute atomic E-state index is 11.3. The molecule has 0 heterocycles. The van der Waals surface area contributed by atoms with E-state index in [-0.39, 0.29) is 0 Å². The summed E-state index contributed by atoms with van der Waals surface area (Å²) in [5.41, 5.74) is 4.03. The number of hydrogen-bond donors (Lipinski definition) is 3. The van der Waals surface area contributed by atoms with Crippen molar-refractivity contribution in [1.82, 2.24) is 0 Å². The van der Waals surface area contributed by atoms with Crippen LogP contribution in [-0.4, -0.2) is 19.2 Å². The summed E-state index contributed by atoms with van der Waals surface area (Å²) in [6.07, 6.45) is -0.558. The van der Waals surface area contributed by atoms with Gasteiger partial charge >= 0.3 is 0 Å². The second-order valence-corrected chi connectivity index (χ2v) is 7.48. The Morgan fingerprint density at radius 3 is 2.32 bits per heavy atom. The molecule has 0 bridgehead atoms. The molecule has 0 saturated heterocycles. The summed E-state index contributed by atoms with van der Waals surface area (Å²) in [5.74, 6) is 0.487. The number of halogens is 1. The van der Waals surface area contributed by atoms with Crippen LogP contribution in [0.1, 0.15) is 17.2 Å². The Bertz CT molecular complexity index is 935. The molecule has 2 atom stereocenters.